The maximum Gasteiger partial charge on any atom is 0.248 e. The van der Waals surface area contributed by atoms with Crippen molar-refractivity contribution in [2.24, 2.45) is 5.73 Å². The largest absolute Gasteiger partial charge is 0.493 e. The third-order valence-corrected chi connectivity index (χ3v) is 3.09. The van der Waals surface area contributed by atoms with Gasteiger partial charge in [0.1, 0.15) is 6.61 Å². The van der Waals surface area contributed by atoms with Gasteiger partial charge < -0.3 is 15.2 Å². The van der Waals surface area contributed by atoms with Gasteiger partial charge in [0, 0.05) is 5.56 Å². The Hall–Kier alpha value is -2.49. The average molecular weight is 271 g/mol. The molecule has 0 bridgehead atoms. The Morgan fingerprint density at radius 1 is 1.15 bits per heavy atom. The highest BCUT2D eigenvalue weighted by Crippen LogP contribution is 2.29. The van der Waals surface area contributed by atoms with Crippen LogP contribution in [0.4, 0.5) is 0 Å². The number of hydrogen-bond acceptors (Lipinski definition) is 3. The van der Waals surface area contributed by atoms with Crippen LogP contribution in [-0.4, -0.2) is 13.0 Å². The number of amides is 1. The topological polar surface area (TPSA) is 61.5 Å². The summed E-state index contributed by atoms with van der Waals surface area (Å²) in [6, 6.07) is 12.8. The SMILES string of the molecule is COc1ccc(C(N)=O)cc1OCc1ccccc1C. The first-order valence-electron chi connectivity index (χ1n) is 6.27. The van der Waals surface area contributed by atoms with E-state index >= 15 is 0 Å². The standard InChI is InChI=1S/C16H17NO3/c1-11-5-3-4-6-13(11)10-20-15-9-12(16(17)18)7-8-14(15)19-2/h3-9H,10H2,1-2H3,(H2,17,18). The number of nitrogens with two attached hydrogens (primary N) is 1. The molecule has 2 rings (SSSR count). The first kappa shape index (κ1) is 13.9. The van der Waals surface area contributed by atoms with Crippen molar-refractivity contribution in [1.29, 1.82) is 0 Å². The van der Waals surface area contributed by atoms with Gasteiger partial charge in [-0.2, -0.15) is 0 Å². The quantitative estimate of drug-likeness (QED) is 0.909. The summed E-state index contributed by atoms with van der Waals surface area (Å²) in [6.45, 7) is 2.43. The first-order valence-corrected chi connectivity index (χ1v) is 6.27. The van der Waals surface area contributed by atoms with E-state index in [0.717, 1.165) is 11.1 Å². The van der Waals surface area contributed by atoms with Crippen molar-refractivity contribution < 1.29 is 14.3 Å². The fourth-order valence-corrected chi connectivity index (χ4v) is 1.87. The molecule has 0 radical (unpaired) electrons. The minimum absolute atomic E-state index is 0.394. The molecule has 0 aromatic heterocycles. The van der Waals surface area contributed by atoms with Gasteiger partial charge in [0.15, 0.2) is 11.5 Å². The van der Waals surface area contributed by atoms with Gasteiger partial charge in [0.25, 0.3) is 0 Å². The van der Waals surface area contributed by atoms with Gasteiger partial charge in [-0.25, -0.2) is 0 Å². The van der Waals surface area contributed by atoms with E-state index in [9.17, 15) is 4.79 Å². The van der Waals surface area contributed by atoms with Gasteiger partial charge in [-0.15, -0.1) is 0 Å². The second kappa shape index (κ2) is 6.10. The molecule has 0 aliphatic carbocycles. The molecule has 104 valence electrons. The molecule has 0 spiro atoms. The number of ether oxygens (including phenoxy) is 2. The van der Waals surface area contributed by atoms with Gasteiger partial charge in [0.05, 0.1) is 7.11 Å². The number of benzene rings is 2. The summed E-state index contributed by atoms with van der Waals surface area (Å²) in [5.74, 6) is 0.587. The van der Waals surface area contributed by atoms with Crippen LogP contribution in [0.2, 0.25) is 0 Å². The molecule has 4 nitrogen and oxygen atoms in total. The summed E-state index contributed by atoms with van der Waals surface area (Å²) < 4.78 is 11.0. The molecule has 0 saturated carbocycles. The molecule has 0 fully saturated rings. The van der Waals surface area contributed by atoms with E-state index in [1.165, 1.54) is 0 Å². The molecule has 0 saturated heterocycles. The fraction of sp³-hybridized carbons (Fsp3) is 0.188. The van der Waals surface area contributed by atoms with E-state index in [2.05, 4.69) is 0 Å². The molecule has 0 heterocycles. The molecule has 0 aliphatic rings. The summed E-state index contributed by atoms with van der Waals surface area (Å²) >= 11 is 0. The second-order valence-corrected chi connectivity index (χ2v) is 4.45. The number of rotatable bonds is 5. The molecule has 1 amide bonds. The number of aryl methyl sites for hydroxylation is 1. The zero-order chi connectivity index (χ0) is 14.5. The Bertz CT molecular complexity index is 623. The van der Waals surface area contributed by atoms with Crippen LogP contribution in [0.3, 0.4) is 0 Å². The molecule has 2 aromatic carbocycles. The highest BCUT2D eigenvalue weighted by Gasteiger charge is 2.09. The van der Waals surface area contributed by atoms with E-state index < -0.39 is 5.91 Å². The molecule has 0 aliphatic heterocycles. The Balaban J connectivity index is 2.22. The summed E-state index contributed by atoms with van der Waals surface area (Å²) in [7, 11) is 1.56. The maximum absolute atomic E-state index is 11.2. The average Bonchev–Trinajstić information content (AvgIpc) is 2.46. The zero-order valence-electron chi connectivity index (χ0n) is 11.6. The molecule has 20 heavy (non-hydrogen) atoms. The van der Waals surface area contributed by atoms with E-state index in [-0.39, 0.29) is 0 Å². The van der Waals surface area contributed by atoms with E-state index in [1.807, 2.05) is 31.2 Å². The summed E-state index contributed by atoms with van der Waals surface area (Å²) in [4.78, 5) is 11.2. The minimum Gasteiger partial charge on any atom is -0.493 e. The number of hydrogen-bond donors (Lipinski definition) is 1. The van der Waals surface area contributed by atoms with Crippen molar-refractivity contribution in [3.63, 3.8) is 0 Å². The molecule has 0 atom stereocenters. The Labute approximate surface area is 118 Å². The van der Waals surface area contributed by atoms with Crippen LogP contribution in [0.25, 0.3) is 0 Å². The molecule has 2 aromatic rings. The summed E-state index contributed by atoms with van der Waals surface area (Å²) in [5.41, 5.74) is 7.90. The van der Waals surface area contributed by atoms with Crippen molar-refractivity contribution >= 4 is 5.91 Å². The van der Waals surface area contributed by atoms with Crippen LogP contribution in [0.1, 0.15) is 21.5 Å². The van der Waals surface area contributed by atoms with Crippen LogP contribution in [0.15, 0.2) is 42.5 Å². The Morgan fingerprint density at radius 2 is 1.90 bits per heavy atom. The van der Waals surface area contributed by atoms with Crippen molar-refractivity contribution in [1.82, 2.24) is 0 Å². The first-order chi connectivity index (χ1) is 9.61. The highest BCUT2D eigenvalue weighted by atomic mass is 16.5. The van der Waals surface area contributed by atoms with Crippen LogP contribution >= 0.6 is 0 Å². The van der Waals surface area contributed by atoms with E-state index in [1.54, 1.807) is 25.3 Å². The highest BCUT2D eigenvalue weighted by molar-refractivity contribution is 5.93. The van der Waals surface area contributed by atoms with Crippen molar-refractivity contribution in [3.8, 4) is 11.5 Å². The lowest BCUT2D eigenvalue weighted by Crippen LogP contribution is -2.11. The van der Waals surface area contributed by atoms with E-state index in [0.29, 0.717) is 23.7 Å². The van der Waals surface area contributed by atoms with Crippen LogP contribution in [0, 0.1) is 6.92 Å². The minimum atomic E-state index is -0.492. The van der Waals surface area contributed by atoms with Gasteiger partial charge in [0.2, 0.25) is 5.91 Å². The van der Waals surface area contributed by atoms with Gasteiger partial charge >= 0.3 is 0 Å². The lowest BCUT2D eigenvalue weighted by Gasteiger charge is -2.12. The van der Waals surface area contributed by atoms with Gasteiger partial charge in [-0.1, -0.05) is 24.3 Å². The number of carbonyl (C=O) groups excluding carboxylic acids is 1. The van der Waals surface area contributed by atoms with Crippen LogP contribution < -0.4 is 15.2 Å². The number of methoxy groups -OCH3 is 1. The van der Waals surface area contributed by atoms with Crippen molar-refractivity contribution in [2.45, 2.75) is 13.5 Å². The number of primary amides is 1. The normalized spacial score (nSPS) is 10.1. The Kier molecular flexibility index (Phi) is 4.25. The summed E-state index contributed by atoms with van der Waals surface area (Å²) in [6.07, 6.45) is 0. The monoisotopic (exact) mass is 271 g/mol. The summed E-state index contributed by atoms with van der Waals surface area (Å²) in [5, 5.41) is 0. The van der Waals surface area contributed by atoms with Crippen molar-refractivity contribution in [2.75, 3.05) is 7.11 Å². The predicted octanol–water partition coefficient (Wildman–Crippen LogP) is 2.68. The predicted molar refractivity (Wildman–Crippen MR) is 77.0 cm³/mol. The Morgan fingerprint density at radius 3 is 2.55 bits per heavy atom. The van der Waals surface area contributed by atoms with Crippen LogP contribution in [0.5, 0.6) is 11.5 Å². The van der Waals surface area contributed by atoms with Gasteiger partial charge in [-0.3, -0.25) is 4.79 Å². The molecule has 2 N–H and O–H groups in total. The second-order valence-electron chi connectivity index (χ2n) is 4.45. The number of carbonyl (C=O) groups is 1. The van der Waals surface area contributed by atoms with Gasteiger partial charge in [-0.05, 0) is 36.2 Å². The third-order valence-electron chi connectivity index (χ3n) is 3.09. The molecule has 4 heteroatoms. The zero-order valence-corrected chi connectivity index (χ0v) is 11.6. The lowest BCUT2D eigenvalue weighted by molar-refractivity contribution is 0.0999. The maximum atomic E-state index is 11.2. The molecular formula is C16H17NO3. The molecule has 0 unspecified atom stereocenters. The van der Waals surface area contributed by atoms with Crippen LogP contribution in [-0.2, 0) is 6.61 Å². The lowest BCUT2D eigenvalue weighted by atomic mass is 10.1. The fourth-order valence-electron chi connectivity index (χ4n) is 1.87. The van der Waals surface area contributed by atoms with Crippen molar-refractivity contribution in [3.05, 3.63) is 59.2 Å². The van der Waals surface area contributed by atoms with E-state index in [4.69, 9.17) is 15.2 Å². The molecular weight excluding hydrogens is 254 g/mol. The third kappa shape index (κ3) is 3.09. The smallest absolute Gasteiger partial charge is 0.248 e.